The maximum absolute atomic E-state index is 13.9. The molecule has 6 rings (SSSR count). The SMILES string of the molecule is Cc1ccc(N2C(=O)[C@@H]3[C@@H]4CCCN4[C@@]4(C(=O)Nc5ccc(Cl)cc54)[C@H]3C2=O)cc1C. The molecule has 0 aromatic heterocycles. The molecule has 3 fully saturated rings. The van der Waals surface area contributed by atoms with Crippen molar-refractivity contribution in [2.45, 2.75) is 38.3 Å². The van der Waals surface area contributed by atoms with Gasteiger partial charge in [0.2, 0.25) is 17.7 Å². The van der Waals surface area contributed by atoms with E-state index in [9.17, 15) is 14.4 Å². The van der Waals surface area contributed by atoms with Gasteiger partial charge in [-0.05, 0) is 74.7 Å². The lowest BCUT2D eigenvalue weighted by molar-refractivity contribution is -0.135. The average Bonchev–Trinajstić information content (AvgIpc) is 3.43. The van der Waals surface area contributed by atoms with Crippen molar-refractivity contribution in [3.63, 3.8) is 0 Å². The van der Waals surface area contributed by atoms with Crippen LogP contribution in [0.1, 0.15) is 29.5 Å². The summed E-state index contributed by atoms with van der Waals surface area (Å²) in [6, 6.07) is 10.8. The zero-order valence-corrected chi connectivity index (χ0v) is 18.1. The number of nitrogens with zero attached hydrogens (tertiary/aromatic N) is 2. The highest BCUT2D eigenvalue weighted by Crippen LogP contribution is 2.60. The van der Waals surface area contributed by atoms with E-state index in [1.807, 2.05) is 32.0 Å². The predicted octanol–water partition coefficient (Wildman–Crippen LogP) is 3.39. The van der Waals surface area contributed by atoms with Crippen molar-refractivity contribution >= 4 is 40.7 Å². The van der Waals surface area contributed by atoms with Crippen LogP contribution in [0, 0.1) is 25.7 Å². The number of fused-ring (bicyclic) bond motifs is 7. The predicted molar refractivity (Wildman–Crippen MR) is 117 cm³/mol. The molecule has 4 aliphatic heterocycles. The van der Waals surface area contributed by atoms with E-state index >= 15 is 0 Å². The molecular formula is C24H22ClN3O3. The number of hydrogen-bond donors (Lipinski definition) is 1. The molecule has 6 nitrogen and oxygen atoms in total. The third kappa shape index (κ3) is 2.19. The van der Waals surface area contributed by atoms with E-state index in [0.717, 1.165) is 24.0 Å². The highest BCUT2D eigenvalue weighted by Gasteiger charge is 2.74. The molecule has 0 unspecified atom stereocenters. The second kappa shape index (κ2) is 6.17. The van der Waals surface area contributed by atoms with Crippen LogP contribution in [-0.2, 0) is 19.9 Å². The lowest BCUT2D eigenvalue weighted by Gasteiger charge is -2.36. The Morgan fingerprint density at radius 3 is 2.61 bits per heavy atom. The van der Waals surface area contributed by atoms with Crippen LogP contribution in [-0.4, -0.2) is 35.2 Å². The number of anilines is 2. The molecular weight excluding hydrogens is 414 g/mol. The minimum absolute atomic E-state index is 0.131. The largest absolute Gasteiger partial charge is 0.324 e. The Morgan fingerprint density at radius 2 is 1.84 bits per heavy atom. The minimum Gasteiger partial charge on any atom is -0.324 e. The Hall–Kier alpha value is -2.70. The van der Waals surface area contributed by atoms with Crippen LogP contribution < -0.4 is 10.2 Å². The smallest absolute Gasteiger partial charge is 0.250 e. The van der Waals surface area contributed by atoms with Crippen molar-refractivity contribution in [2.24, 2.45) is 11.8 Å². The number of nitrogens with one attached hydrogen (secondary N) is 1. The fourth-order valence-corrected chi connectivity index (χ4v) is 6.47. The minimum atomic E-state index is -1.19. The van der Waals surface area contributed by atoms with Gasteiger partial charge in [-0.1, -0.05) is 17.7 Å². The molecule has 158 valence electrons. The molecule has 4 heterocycles. The molecule has 0 radical (unpaired) electrons. The number of aryl methyl sites for hydroxylation is 2. The normalized spacial score (nSPS) is 31.4. The number of hydrogen-bond acceptors (Lipinski definition) is 4. The van der Waals surface area contributed by atoms with Crippen LogP contribution in [0.2, 0.25) is 5.02 Å². The summed E-state index contributed by atoms with van der Waals surface area (Å²) in [7, 11) is 0. The second-order valence-corrected chi connectivity index (χ2v) is 9.53. The zero-order chi connectivity index (χ0) is 21.7. The molecule has 2 aromatic carbocycles. The van der Waals surface area contributed by atoms with Gasteiger partial charge >= 0.3 is 0 Å². The van der Waals surface area contributed by atoms with Gasteiger partial charge in [0.15, 0.2) is 0 Å². The summed E-state index contributed by atoms with van der Waals surface area (Å²) in [5, 5.41) is 3.48. The fraction of sp³-hybridized carbons (Fsp3) is 0.375. The Balaban J connectivity index is 1.56. The fourth-order valence-electron chi connectivity index (χ4n) is 6.29. The lowest BCUT2D eigenvalue weighted by atomic mass is 9.75. The highest BCUT2D eigenvalue weighted by atomic mass is 35.5. The van der Waals surface area contributed by atoms with Crippen molar-refractivity contribution in [3.05, 3.63) is 58.1 Å². The molecule has 0 aliphatic carbocycles. The van der Waals surface area contributed by atoms with Crippen molar-refractivity contribution in [3.8, 4) is 0 Å². The third-order valence-corrected chi connectivity index (χ3v) is 7.94. The summed E-state index contributed by atoms with van der Waals surface area (Å²) in [6.07, 6.45) is 1.69. The van der Waals surface area contributed by atoms with Gasteiger partial charge in [0.05, 0.1) is 17.5 Å². The Bertz CT molecular complexity index is 1190. The van der Waals surface area contributed by atoms with Crippen LogP contribution in [0.15, 0.2) is 36.4 Å². The van der Waals surface area contributed by atoms with Crippen molar-refractivity contribution in [2.75, 3.05) is 16.8 Å². The number of amides is 3. The van der Waals surface area contributed by atoms with E-state index < -0.39 is 17.4 Å². The molecule has 3 saturated heterocycles. The van der Waals surface area contributed by atoms with E-state index in [0.29, 0.717) is 28.5 Å². The van der Waals surface area contributed by atoms with Crippen LogP contribution in [0.4, 0.5) is 11.4 Å². The van der Waals surface area contributed by atoms with Crippen molar-refractivity contribution < 1.29 is 14.4 Å². The van der Waals surface area contributed by atoms with Crippen LogP contribution in [0.25, 0.3) is 0 Å². The summed E-state index contributed by atoms with van der Waals surface area (Å²) >= 11 is 6.32. The Morgan fingerprint density at radius 1 is 1.03 bits per heavy atom. The first-order valence-electron chi connectivity index (χ1n) is 10.7. The quantitative estimate of drug-likeness (QED) is 0.697. The van der Waals surface area contributed by atoms with Gasteiger partial charge in [-0.25, -0.2) is 4.90 Å². The highest BCUT2D eigenvalue weighted by molar-refractivity contribution is 6.31. The first-order chi connectivity index (χ1) is 14.9. The monoisotopic (exact) mass is 435 g/mol. The average molecular weight is 436 g/mol. The van der Waals surface area contributed by atoms with E-state index in [1.54, 1.807) is 18.2 Å². The first kappa shape index (κ1) is 19.0. The maximum Gasteiger partial charge on any atom is 0.250 e. The molecule has 1 N–H and O–H groups in total. The summed E-state index contributed by atoms with van der Waals surface area (Å²) < 4.78 is 0. The zero-order valence-electron chi connectivity index (χ0n) is 17.3. The molecule has 4 aliphatic rings. The number of rotatable bonds is 1. The van der Waals surface area contributed by atoms with Gasteiger partial charge in [-0.2, -0.15) is 0 Å². The maximum atomic E-state index is 13.9. The molecule has 4 atom stereocenters. The topological polar surface area (TPSA) is 69.7 Å². The van der Waals surface area contributed by atoms with E-state index in [1.165, 1.54) is 4.90 Å². The summed E-state index contributed by atoms with van der Waals surface area (Å²) in [6.45, 7) is 4.64. The van der Waals surface area contributed by atoms with E-state index in [2.05, 4.69) is 10.2 Å². The van der Waals surface area contributed by atoms with Crippen LogP contribution >= 0.6 is 11.6 Å². The molecule has 31 heavy (non-hydrogen) atoms. The lowest BCUT2D eigenvalue weighted by Crippen LogP contribution is -2.54. The van der Waals surface area contributed by atoms with E-state index in [4.69, 9.17) is 11.6 Å². The van der Waals surface area contributed by atoms with Gasteiger partial charge in [-0.3, -0.25) is 19.3 Å². The number of benzene rings is 2. The summed E-state index contributed by atoms with van der Waals surface area (Å²) in [4.78, 5) is 44.6. The number of carbonyl (C=O) groups is 3. The van der Waals surface area contributed by atoms with Gasteiger partial charge in [-0.15, -0.1) is 0 Å². The number of imide groups is 1. The first-order valence-corrected chi connectivity index (χ1v) is 11.1. The second-order valence-electron chi connectivity index (χ2n) is 9.10. The third-order valence-electron chi connectivity index (χ3n) is 7.70. The summed E-state index contributed by atoms with van der Waals surface area (Å²) in [5.74, 6) is -2.02. The van der Waals surface area contributed by atoms with Gasteiger partial charge < -0.3 is 5.32 Å². The molecule has 7 heteroatoms. The Kier molecular flexibility index (Phi) is 3.79. The van der Waals surface area contributed by atoms with E-state index in [-0.39, 0.29) is 23.8 Å². The van der Waals surface area contributed by atoms with Crippen LogP contribution in [0.3, 0.4) is 0 Å². The molecule has 0 saturated carbocycles. The Labute approximate surface area is 185 Å². The van der Waals surface area contributed by atoms with Gasteiger partial charge in [0, 0.05) is 22.3 Å². The van der Waals surface area contributed by atoms with Gasteiger partial charge in [0.1, 0.15) is 5.54 Å². The van der Waals surface area contributed by atoms with Crippen molar-refractivity contribution in [1.29, 1.82) is 0 Å². The summed E-state index contributed by atoms with van der Waals surface area (Å²) in [5.41, 5.74) is 2.89. The van der Waals surface area contributed by atoms with Crippen LogP contribution in [0.5, 0.6) is 0 Å². The van der Waals surface area contributed by atoms with Gasteiger partial charge in [0.25, 0.3) is 0 Å². The molecule has 0 bridgehead atoms. The number of halogens is 1. The molecule has 3 amide bonds. The number of carbonyl (C=O) groups excluding carboxylic acids is 3. The standard InChI is InChI=1S/C24H22ClN3O3/c1-12-5-7-15(10-13(12)2)28-21(29)19-18-4-3-9-27(18)24(20(19)22(28)30)16-11-14(25)6-8-17(16)26-23(24)31/h5-8,10-11,18-20H,3-4,9H2,1-2H3,(H,26,31)/t18-,19+,20+,24+/m0/s1. The molecule has 1 spiro atoms. The van der Waals surface area contributed by atoms with Crippen molar-refractivity contribution in [1.82, 2.24) is 4.90 Å². The molecule has 2 aromatic rings.